The first kappa shape index (κ1) is 17.3. The third-order valence-corrected chi connectivity index (χ3v) is 5.02. The summed E-state index contributed by atoms with van der Waals surface area (Å²) in [6.07, 6.45) is 6.47. The van der Waals surface area contributed by atoms with Gasteiger partial charge in [0.25, 0.3) is 11.5 Å². The minimum Gasteiger partial charge on any atom is -0.505 e. The third kappa shape index (κ3) is 2.77. The molecule has 2 aromatic rings. The van der Waals surface area contributed by atoms with E-state index in [1.807, 2.05) is 0 Å². The number of aromatic nitrogens is 2. The number of amides is 1. The van der Waals surface area contributed by atoms with Gasteiger partial charge in [-0.05, 0) is 24.5 Å². The molecule has 0 fully saturated rings. The predicted molar refractivity (Wildman–Crippen MR) is 99.8 cm³/mol. The molecule has 27 heavy (non-hydrogen) atoms. The second kappa shape index (κ2) is 6.53. The van der Waals surface area contributed by atoms with Gasteiger partial charge in [0.1, 0.15) is 16.9 Å². The van der Waals surface area contributed by atoms with Crippen LogP contribution < -0.4 is 16.2 Å². The summed E-state index contributed by atoms with van der Waals surface area (Å²) in [4.78, 5) is 29.2. The van der Waals surface area contributed by atoms with Crippen LogP contribution in [0.25, 0.3) is 11.0 Å². The maximum absolute atomic E-state index is 13.2. The molecule has 2 aromatic heterocycles. The van der Waals surface area contributed by atoms with Crippen LogP contribution in [-0.4, -0.2) is 34.2 Å². The molecular weight excluding hydrogens is 351 g/mol. The second-order valence-electron chi connectivity index (χ2n) is 6.66. The number of hydrogen-bond donors (Lipinski definition) is 3. The summed E-state index contributed by atoms with van der Waals surface area (Å²) >= 11 is 0. The molecule has 4 rings (SSSR count). The smallest absolute Gasteiger partial charge is 0.267 e. The topological polar surface area (TPSA) is 96.2 Å². The Morgan fingerprint density at radius 1 is 1.41 bits per heavy atom. The molecule has 140 valence electrons. The van der Waals surface area contributed by atoms with Crippen LogP contribution in [0.15, 0.2) is 34.5 Å². The average Bonchev–Trinajstić information content (AvgIpc) is 2.68. The molecule has 0 unspecified atom stereocenters. The highest BCUT2D eigenvalue weighted by Gasteiger charge is 2.27. The Hall–Kier alpha value is -3.16. The van der Waals surface area contributed by atoms with E-state index in [4.69, 9.17) is 0 Å². The molecule has 0 saturated heterocycles. The van der Waals surface area contributed by atoms with Gasteiger partial charge in [0.15, 0.2) is 5.75 Å². The molecule has 7 nitrogen and oxygen atoms in total. The van der Waals surface area contributed by atoms with Gasteiger partial charge in [-0.1, -0.05) is 11.6 Å². The zero-order chi connectivity index (χ0) is 19.1. The van der Waals surface area contributed by atoms with Crippen LogP contribution in [0.1, 0.15) is 28.8 Å². The number of rotatable bonds is 3. The van der Waals surface area contributed by atoms with Gasteiger partial charge in [0.05, 0.1) is 11.2 Å². The van der Waals surface area contributed by atoms with E-state index >= 15 is 0 Å². The molecule has 0 bridgehead atoms. The van der Waals surface area contributed by atoms with Gasteiger partial charge in [0, 0.05) is 32.8 Å². The van der Waals surface area contributed by atoms with Crippen LogP contribution in [0.4, 0.5) is 10.1 Å². The Morgan fingerprint density at radius 3 is 2.93 bits per heavy atom. The van der Waals surface area contributed by atoms with Crippen LogP contribution in [0, 0.1) is 0 Å². The van der Waals surface area contributed by atoms with Crippen LogP contribution in [0.2, 0.25) is 0 Å². The monoisotopic (exact) mass is 370 g/mol. The predicted octanol–water partition coefficient (Wildman–Crippen LogP) is 2.00. The fourth-order valence-corrected chi connectivity index (χ4v) is 3.64. The van der Waals surface area contributed by atoms with Crippen LogP contribution in [-0.2, 0) is 13.0 Å². The molecule has 0 spiro atoms. The van der Waals surface area contributed by atoms with Crippen LogP contribution >= 0.6 is 0 Å². The number of pyridine rings is 2. The Bertz CT molecular complexity index is 1080. The van der Waals surface area contributed by atoms with E-state index in [1.54, 1.807) is 12.3 Å². The average molecular weight is 370 g/mol. The number of anilines is 1. The number of aromatic hydroxyl groups is 1. The molecule has 2 aliphatic rings. The van der Waals surface area contributed by atoms with Crippen molar-refractivity contribution in [2.24, 2.45) is 0 Å². The van der Waals surface area contributed by atoms with Crippen molar-refractivity contribution in [3.05, 3.63) is 51.2 Å². The number of allylic oxidation sites excluding steroid dienone is 4. The minimum absolute atomic E-state index is 0.129. The summed E-state index contributed by atoms with van der Waals surface area (Å²) in [5.74, 6) is -1.19. The Balaban J connectivity index is 1.91. The normalized spacial score (nSPS) is 15.8. The highest BCUT2D eigenvalue weighted by atomic mass is 19.1. The van der Waals surface area contributed by atoms with E-state index in [0.29, 0.717) is 37.9 Å². The van der Waals surface area contributed by atoms with Gasteiger partial charge in [-0.2, -0.15) is 0 Å². The summed E-state index contributed by atoms with van der Waals surface area (Å²) in [5.41, 5.74) is 2.52. The van der Waals surface area contributed by atoms with Crippen molar-refractivity contribution >= 4 is 22.6 Å². The molecule has 0 saturated carbocycles. The Labute approximate surface area is 154 Å². The lowest BCUT2D eigenvalue weighted by atomic mass is 9.96. The largest absolute Gasteiger partial charge is 0.505 e. The van der Waals surface area contributed by atoms with Crippen LogP contribution in [0.3, 0.4) is 0 Å². The van der Waals surface area contributed by atoms with E-state index in [0.717, 1.165) is 16.8 Å². The summed E-state index contributed by atoms with van der Waals surface area (Å²) in [5, 5.41) is 16.2. The molecule has 1 amide bonds. The number of nitrogens with zero attached hydrogens (tertiary/aromatic N) is 2. The zero-order valence-corrected chi connectivity index (χ0v) is 14.8. The fourth-order valence-electron chi connectivity index (χ4n) is 3.64. The molecule has 0 atom stereocenters. The highest BCUT2D eigenvalue weighted by Crippen LogP contribution is 2.35. The van der Waals surface area contributed by atoms with Crippen molar-refractivity contribution in [3.8, 4) is 5.75 Å². The molecule has 0 radical (unpaired) electrons. The molecule has 0 aromatic carbocycles. The molecule has 8 heteroatoms. The molecule has 1 aliphatic heterocycles. The van der Waals surface area contributed by atoms with Crippen molar-refractivity contribution in [1.82, 2.24) is 14.9 Å². The van der Waals surface area contributed by atoms with E-state index < -0.39 is 17.2 Å². The number of carbonyl (C=O) groups excluding carboxylic acids is 1. The quantitative estimate of drug-likeness (QED) is 0.768. The fraction of sp³-hybridized carbons (Fsp3) is 0.316. The van der Waals surface area contributed by atoms with Gasteiger partial charge in [0.2, 0.25) is 0 Å². The first-order chi connectivity index (χ1) is 13.0. The number of halogens is 1. The lowest BCUT2D eigenvalue weighted by Crippen LogP contribution is -2.35. The van der Waals surface area contributed by atoms with E-state index in [9.17, 15) is 19.1 Å². The van der Waals surface area contributed by atoms with E-state index in [1.165, 1.54) is 17.7 Å². The summed E-state index contributed by atoms with van der Waals surface area (Å²) < 4.78 is 14.7. The van der Waals surface area contributed by atoms with Gasteiger partial charge in [-0.3, -0.25) is 14.6 Å². The molecule has 3 heterocycles. The van der Waals surface area contributed by atoms with Crippen molar-refractivity contribution in [3.63, 3.8) is 0 Å². The van der Waals surface area contributed by atoms with Gasteiger partial charge >= 0.3 is 0 Å². The molecule has 3 N–H and O–H groups in total. The van der Waals surface area contributed by atoms with Crippen LogP contribution in [0.5, 0.6) is 5.75 Å². The maximum atomic E-state index is 13.2. The number of nitrogens with one attached hydrogen (secondary N) is 2. The van der Waals surface area contributed by atoms with Crippen molar-refractivity contribution in [2.75, 3.05) is 18.9 Å². The SMILES string of the molecule is CNC(=O)c1c(O)c2ncc(CC3=CC=C(F)CC3)c3c2n(c1=O)CCN3. The molecule has 1 aliphatic carbocycles. The second-order valence-corrected chi connectivity index (χ2v) is 6.66. The first-order valence-corrected chi connectivity index (χ1v) is 8.78. The van der Waals surface area contributed by atoms with Crippen molar-refractivity contribution in [1.29, 1.82) is 0 Å². The maximum Gasteiger partial charge on any atom is 0.267 e. The Morgan fingerprint density at radius 2 is 2.22 bits per heavy atom. The van der Waals surface area contributed by atoms with Gasteiger partial charge in [-0.25, -0.2) is 4.39 Å². The Kier molecular flexibility index (Phi) is 4.18. The number of carbonyl (C=O) groups is 1. The lowest BCUT2D eigenvalue weighted by molar-refractivity contribution is 0.0958. The summed E-state index contributed by atoms with van der Waals surface area (Å²) in [6, 6.07) is 0. The summed E-state index contributed by atoms with van der Waals surface area (Å²) in [7, 11) is 1.40. The first-order valence-electron chi connectivity index (χ1n) is 8.78. The standard InChI is InChI=1S/C19H19FN4O3/c1-21-18(26)13-17(25)15-16-14(22-6-7-24(16)19(13)27)11(9-23-15)8-10-2-4-12(20)5-3-10/h2,4,9,22,25H,3,5-8H2,1H3,(H,21,26). The molecular formula is C19H19FN4O3. The summed E-state index contributed by atoms with van der Waals surface area (Å²) in [6.45, 7) is 0.888. The van der Waals surface area contributed by atoms with Crippen molar-refractivity contribution < 1.29 is 14.3 Å². The van der Waals surface area contributed by atoms with E-state index in [2.05, 4.69) is 15.6 Å². The zero-order valence-electron chi connectivity index (χ0n) is 14.8. The van der Waals surface area contributed by atoms with Gasteiger partial charge in [-0.15, -0.1) is 0 Å². The van der Waals surface area contributed by atoms with Crippen molar-refractivity contribution in [2.45, 2.75) is 25.8 Å². The van der Waals surface area contributed by atoms with Gasteiger partial charge < -0.3 is 20.3 Å². The highest BCUT2D eigenvalue weighted by molar-refractivity contribution is 6.04. The lowest BCUT2D eigenvalue weighted by Gasteiger charge is -2.24. The minimum atomic E-state index is -0.643. The van der Waals surface area contributed by atoms with E-state index in [-0.39, 0.29) is 16.9 Å². The third-order valence-electron chi connectivity index (χ3n) is 5.02. The number of hydrogen-bond acceptors (Lipinski definition) is 5.